The van der Waals surface area contributed by atoms with Gasteiger partial charge in [-0.3, -0.25) is 4.79 Å². The first-order valence-electron chi connectivity index (χ1n) is 6.96. The number of nitrogens with zero attached hydrogens (tertiary/aromatic N) is 4. The van der Waals surface area contributed by atoms with Gasteiger partial charge in [0.2, 0.25) is 11.1 Å². The maximum absolute atomic E-state index is 12.0. The molecule has 2 aromatic rings. The summed E-state index contributed by atoms with van der Waals surface area (Å²) in [6.45, 7) is 8.69. The first-order valence-corrected chi connectivity index (χ1v) is 8.18. The molecular formula is C14H21N5OS. The number of rotatable bonds is 5. The summed E-state index contributed by atoms with van der Waals surface area (Å²) in [6, 6.07) is 0. The number of aryl methyl sites for hydroxylation is 2. The summed E-state index contributed by atoms with van der Waals surface area (Å²) in [4.78, 5) is 20.8. The van der Waals surface area contributed by atoms with E-state index in [4.69, 9.17) is 0 Å². The highest BCUT2D eigenvalue weighted by Gasteiger charge is 2.15. The Morgan fingerprint density at radius 3 is 2.67 bits per heavy atom. The van der Waals surface area contributed by atoms with Crippen LogP contribution < -0.4 is 5.32 Å². The lowest BCUT2D eigenvalue weighted by Gasteiger charge is -2.11. The monoisotopic (exact) mass is 307 g/mol. The molecule has 0 radical (unpaired) electrons. The van der Waals surface area contributed by atoms with E-state index in [1.165, 1.54) is 11.8 Å². The minimum Gasteiger partial charge on any atom is -0.356 e. The minimum atomic E-state index is 0.0151. The molecule has 2 aromatic heterocycles. The molecule has 0 aromatic carbocycles. The molecule has 0 saturated heterocycles. The molecule has 0 saturated carbocycles. The van der Waals surface area contributed by atoms with Crippen molar-refractivity contribution in [2.75, 3.05) is 12.8 Å². The second kappa shape index (κ2) is 6.43. The summed E-state index contributed by atoms with van der Waals surface area (Å²) in [7, 11) is 0. The third-order valence-electron chi connectivity index (χ3n) is 3.26. The van der Waals surface area contributed by atoms with Gasteiger partial charge in [-0.2, -0.15) is 4.98 Å². The number of amides is 1. The van der Waals surface area contributed by atoms with Crippen LogP contribution in [0.2, 0.25) is 0 Å². The molecule has 21 heavy (non-hydrogen) atoms. The second-order valence-electron chi connectivity index (χ2n) is 5.45. The highest BCUT2D eigenvalue weighted by Crippen LogP contribution is 2.17. The van der Waals surface area contributed by atoms with E-state index >= 15 is 0 Å². The van der Waals surface area contributed by atoms with Crippen molar-refractivity contribution in [2.45, 2.75) is 39.3 Å². The molecule has 0 fully saturated rings. The number of hydrogen-bond acceptors (Lipinski definition) is 5. The third-order valence-corrected chi connectivity index (χ3v) is 3.79. The quantitative estimate of drug-likeness (QED) is 0.853. The predicted octanol–water partition coefficient (Wildman–Crippen LogP) is 1.78. The summed E-state index contributed by atoms with van der Waals surface area (Å²) in [5.41, 5.74) is 2.67. The van der Waals surface area contributed by atoms with Crippen LogP contribution in [0.15, 0.2) is 5.16 Å². The Bertz CT molecular complexity index is 665. The van der Waals surface area contributed by atoms with Gasteiger partial charge in [-0.15, -0.1) is 5.10 Å². The van der Waals surface area contributed by atoms with E-state index in [-0.39, 0.29) is 5.91 Å². The van der Waals surface area contributed by atoms with Crippen molar-refractivity contribution in [2.24, 2.45) is 5.92 Å². The summed E-state index contributed by atoms with van der Waals surface area (Å²) >= 11 is 1.48. The molecule has 1 N–H and O–H groups in total. The van der Waals surface area contributed by atoms with Crippen LogP contribution in [0.4, 0.5) is 0 Å². The first-order chi connectivity index (χ1) is 9.92. The number of nitrogens with one attached hydrogen (secondary N) is 1. The SMILES string of the molecule is CSc1nc2nc(C)c(CC(=O)NCC(C)C)c(C)n2n1. The lowest BCUT2D eigenvalue weighted by molar-refractivity contribution is -0.120. The van der Waals surface area contributed by atoms with Crippen molar-refractivity contribution in [1.82, 2.24) is 24.9 Å². The Kier molecular flexibility index (Phi) is 4.82. The minimum absolute atomic E-state index is 0.0151. The number of aromatic nitrogens is 4. The zero-order valence-electron chi connectivity index (χ0n) is 13.1. The van der Waals surface area contributed by atoms with Crippen molar-refractivity contribution in [1.29, 1.82) is 0 Å². The first kappa shape index (κ1) is 15.8. The third kappa shape index (κ3) is 3.53. The molecule has 7 heteroatoms. The van der Waals surface area contributed by atoms with Crippen LogP contribution >= 0.6 is 11.8 Å². The fourth-order valence-corrected chi connectivity index (χ4v) is 2.41. The molecule has 0 aliphatic carbocycles. The molecule has 6 nitrogen and oxygen atoms in total. The Morgan fingerprint density at radius 1 is 1.33 bits per heavy atom. The van der Waals surface area contributed by atoms with E-state index < -0.39 is 0 Å². The van der Waals surface area contributed by atoms with Gasteiger partial charge in [-0.25, -0.2) is 9.50 Å². The van der Waals surface area contributed by atoms with Crippen molar-refractivity contribution >= 4 is 23.4 Å². The standard InChI is InChI=1S/C14H21N5OS/c1-8(2)7-15-12(20)6-11-9(3)16-13-17-14(21-5)18-19(13)10(11)4/h8H,6-7H2,1-5H3,(H,15,20). The number of fused-ring (bicyclic) bond motifs is 1. The molecule has 0 aliphatic rings. The summed E-state index contributed by atoms with van der Waals surface area (Å²) < 4.78 is 1.71. The van der Waals surface area contributed by atoms with Crippen LogP contribution in [-0.4, -0.2) is 38.3 Å². The summed E-state index contributed by atoms with van der Waals surface area (Å²) in [6.07, 6.45) is 2.25. The van der Waals surface area contributed by atoms with Crippen molar-refractivity contribution in [3.05, 3.63) is 17.0 Å². The lowest BCUT2D eigenvalue weighted by atomic mass is 10.1. The Morgan fingerprint density at radius 2 is 2.05 bits per heavy atom. The van der Waals surface area contributed by atoms with Gasteiger partial charge in [0.1, 0.15) is 0 Å². The average molecular weight is 307 g/mol. The molecule has 0 spiro atoms. The largest absolute Gasteiger partial charge is 0.356 e. The topological polar surface area (TPSA) is 72.2 Å². The molecule has 2 heterocycles. The van der Waals surface area contributed by atoms with E-state index in [9.17, 15) is 4.79 Å². The molecule has 0 unspecified atom stereocenters. The fraction of sp³-hybridized carbons (Fsp3) is 0.571. The van der Waals surface area contributed by atoms with Crippen molar-refractivity contribution < 1.29 is 4.79 Å². The van der Waals surface area contributed by atoms with E-state index in [0.717, 1.165) is 17.0 Å². The Balaban J connectivity index is 2.29. The highest BCUT2D eigenvalue weighted by molar-refractivity contribution is 7.98. The van der Waals surface area contributed by atoms with Gasteiger partial charge < -0.3 is 5.32 Å². The van der Waals surface area contributed by atoms with E-state index in [1.807, 2.05) is 20.1 Å². The lowest BCUT2D eigenvalue weighted by Crippen LogP contribution is -2.29. The normalized spacial score (nSPS) is 11.3. The predicted molar refractivity (Wildman–Crippen MR) is 83.6 cm³/mol. The van der Waals surface area contributed by atoms with E-state index in [0.29, 0.717) is 29.8 Å². The maximum atomic E-state index is 12.0. The summed E-state index contributed by atoms with van der Waals surface area (Å²) in [5, 5.41) is 8.01. The molecule has 0 atom stereocenters. The number of carbonyl (C=O) groups is 1. The van der Waals surface area contributed by atoms with E-state index in [1.54, 1.807) is 4.52 Å². The molecule has 0 aliphatic heterocycles. The van der Waals surface area contributed by atoms with Crippen molar-refractivity contribution in [3.8, 4) is 0 Å². The van der Waals surface area contributed by atoms with Gasteiger partial charge in [0.05, 0.1) is 6.42 Å². The Labute approximate surface area is 128 Å². The fourth-order valence-electron chi connectivity index (χ4n) is 2.07. The zero-order chi connectivity index (χ0) is 15.6. The van der Waals surface area contributed by atoms with Gasteiger partial charge in [0, 0.05) is 23.5 Å². The second-order valence-corrected chi connectivity index (χ2v) is 6.22. The molecule has 114 valence electrons. The zero-order valence-corrected chi connectivity index (χ0v) is 13.9. The van der Waals surface area contributed by atoms with Crippen molar-refractivity contribution in [3.63, 3.8) is 0 Å². The molecule has 1 amide bonds. The van der Waals surface area contributed by atoms with Gasteiger partial charge in [-0.05, 0) is 26.0 Å². The maximum Gasteiger partial charge on any atom is 0.253 e. The molecular weight excluding hydrogens is 286 g/mol. The van der Waals surface area contributed by atoms with Crippen LogP contribution in [0.3, 0.4) is 0 Å². The van der Waals surface area contributed by atoms with Gasteiger partial charge in [0.15, 0.2) is 0 Å². The number of carbonyl (C=O) groups excluding carboxylic acids is 1. The van der Waals surface area contributed by atoms with Crippen LogP contribution in [0.1, 0.15) is 30.8 Å². The number of hydrogen-bond donors (Lipinski definition) is 1. The molecule has 0 bridgehead atoms. The van der Waals surface area contributed by atoms with Crippen LogP contribution in [0.5, 0.6) is 0 Å². The smallest absolute Gasteiger partial charge is 0.253 e. The number of thioether (sulfide) groups is 1. The Hall–Kier alpha value is -1.63. The van der Waals surface area contributed by atoms with Gasteiger partial charge in [0.25, 0.3) is 5.78 Å². The van der Waals surface area contributed by atoms with Crippen LogP contribution in [0, 0.1) is 19.8 Å². The average Bonchev–Trinajstić information content (AvgIpc) is 2.84. The van der Waals surface area contributed by atoms with Crippen LogP contribution in [-0.2, 0) is 11.2 Å². The summed E-state index contributed by atoms with van der Waals surface area (Å²) in [5.74, 6) is 1.04. The van der Waals surface area contributed by atoms with Gasteiger partial charge in [-0.1, -0.05) is 25.6 Å². The van der Waals surface area contributed by atoms with Crippen LogP contribution in [0.25, 0.3) is 5.78 Å². The highest BCUT2D eigenvalue weighted by atomic mass is 32.2. The van der Waals surface area contributed by atoms with Gasteiger partial charge >= 0.3 is 0 Å². The van der Waals surface area contributed by atoms with E-state index in [2.05, 4.69) is 34.2 Å². The molecule has 2 rings (SSSR count).